The third-order valence-electron chi connectivity index (χ3n) is 3.70. The van der Waals surface area contributed by atoms with Crippen molar-refractivity contribution in [3.05, 3.63) is 29.8 Å². The number of para-hydroxylation sites is 1. The summed E-state index contributed by atoms with van der Waals surface area (Å²) >= 11 is 0. The molecule has 3 N–H and O–H groups in total. The lowest BCUT2D eigenvalue weighted by Crippen LogP contribution is -2.47. The predicted octanol–water partition coefficient (Wildman–Crippen LogP) is 1.75. The van der Waals surface area contributed by atoms with Gasteiger partial charge in [0.2, 0.25) is 0 Å². The minimum absolute atomic E-state index is 0.0702. The van der Waals surface area contributed by atoms with Gasteiger partial charge in [-0.25, -0.2) is 0 Å². The molecule has 1 unspecified atom stereocenters. The fourth-order valence-corrected chi connectivity index (χ4v) is 2.37. The van der Waals surface area contributed by atoms with Gasteiger partial charge in [-0.3, -0.25) is 9.59 Å². The first-order chi connectivity index (χ1) is 9.69. The summed E-state index contributed by atoms with van der Waals surface area (Å²) in [4.78, 5) is 24.1. The molecule has 5 nitrogen and oxygen atoms in total. The van der Waals surface area contributed by atoms with Crippen molar-refractivity contribution in [2.75, 3.05) is 18.8 Å². The molecular formula is C13H13F3N2O3. The van der Waals surface area contributed by atoms with E-state index in [9.17, 15) is 22.8 Å². The third kappa shape index (κ3) is 2.41. The molecule has 1 aliphatic rings. The quantitative estimate of drug-likeness (QED) is 0.815. The van der Waals surface area contributed by atoms with Crippen molar-refractivity contribution in [1.82, 2.24) is 4.90 Å². The highest BCUT2D eigenvalue weighted by atomic mass is 19.4. The topological polar surface area (TPSA) is 83.6 Å². The summed E-state index contributed by atoms with van der Waals surface area (Å²) in [6.07, 6.45) is -5.58. The number of halogens is 3. The SMILES string of the molecule is Nc1ccccc1C(=O)N1CCC(C(=O)O)(C(F)(F)F)C1. The van der Waals surface area contributed by atoms with Crippen molar-refractivity contribution in [3.8, 4) is 0 Å². The molecule has 114 valence electrons. The highest BCUT2D eigenvalue weighted by Crippen LogP contribution is 2.46. The standard InChI is InChI=1S/C13H13F3N2O3/c14-13(15,16)12(11(20)21)5-6-18(7-12)10(19)8-3-1-2-4-9(8)17/h1-4H,5-7,17H2,(H,20,21). The average molecular weight is 302 g/mol. The highest BCUT2D eigenvalue weighted by molar-refractivity contribution is 5.99. The summed E-state index contributed by atoms with van der Waals surface area (Å²) in [6.45, 7) is -1.18. The van der Waals surface area contributed by atoms with Gasteiger partial charge in [-0.15, -0.1) is 0 Å². The van der Waals surface area contributed by atoms with Crippen LogP contribution in [0.15, 0.2) is 24.3 Å². The van der Waals surface area contributed by atoms with Crippen molar-refractivity contribution < 1.29 is 27.9 Å². The molecule has 0 aliphatic carbocycles. The Morgan fingerprint density at radius 1 is 1.29 bits per heavy atom. The molecule has 1 heterocycles. The van der Waals surface area contributed by atoms with Crippen molar-refractivity contribution in [2.24, 2.45) is 5.41 Å². The number of amides is 1. The second-order valence-corrected chi connectivity index (χ2v) is 4.95. The lowest BCUT2D eigenvalue weighted by molar-refractivity contribution is -0.227. The Morgan fingerprint density at radius 3 is 2.38 bits per heavy atom. The number of nitrogens with zero attached hydrogens (tertiary/aromatic N) is 1. The van der Waals surface area contributed by atoms with Gasteiger partial charge in [-0.05, 0) is 18.6 Å². The summed E-state index contributed by atoms with van der Waals surface area (Å²) in [5.74, 6) is -2.66. The minimum atomic E-state index is -4.92. The number of anilines is 1. The fraction of sp³-hybridized carbons (Fsp3) is 0.385. The van der Waals surface area contributed by atoms with E-state index < -0.39 is 36.4 Å². The number of carboxylic acids is 1. The molecule has 0 saturated carbocycles. The minimum Gasteiger partial charge on any atom is -0.481 e. The van der Waals surface area contributed by atoms with E-state index in [1.165, 1.54) is 18.2 Å². The van der Waals surface area contributed by atoms with Gasteiger partial charge in [0.1, 0.15) is 0 Å². The first kappa shape index (κ1) is 15.1. The molecule has 2 rings (SSSR count). The zero-order chi connectivity index (χ0) is 15.8. The van der Waals surface area contributed by atoms with Crippen molar-refractivity contribution in [1.29, 1.82) is 0 Å². The van der Waals surface area contributed by atoms with Crippen molar-refractivity contribution in [2.45, 2.75) is 12.6 Å². The number of carbonyl (C=O) groups is 2. The van der Waals surface area contributed by atoms with Crippen LogP contribution in [-0.4, -0.2) is 41.1 Å². The lowest BCUT2D eigenvalue weighted by atomic mass is 9.86. The van der Waals surface area contributed by atoms with E-state index in [-0.39, 0.29) is 17.8 Å². The molecule has 1 atom stereocenters. The molecule has 1 amide bonds. The number of aliphatic carboxylic acids is 1. The van der Waals surface area contributed by atoms with Crippen LogP contribution in [0, 0.1) is 5.41 Å². The molecule has 21 heavy (non-hydrogen) atoms. The van der Waals surface area contributed by atoms with Crippen molar-refractivity contribution >= 4 is 17.6 Å². The molecule has 0 bridgehead atoms. The molecule has 1 aromatic carbocycles. The van der Waals surface area contributed by atoms with Crippen LogP contribution in [0.25, 0.3) is 0 Å². The van der Waals surface area contributed by atoms with Gasteiger partial charge in [-0.2, -0.15) is 13.2 Å². The van der Waals surface area contributed by atoms with E-state index in [4.69, 9.17) is 10.8 Å². The first-order valence-corrected chi connectivity index (χ1v) is 6.13. The molecule has 0 spiro atoms. The molecular weight excluding hydrogens is 289 g/mol. The number of nitrogens with two attached hydrogens (primary N) is 1. The van der Waals surface area contributed by atoms with E-state index in [0.717, 1.165) is 4.90 Å². The molecule has 1 aromatic rings. The van der Waals surface area contributed by atoms with E-state index in [1.807, 2.05) is 0 Å². The van der Waals surface area contributed by atoms with Crippen LogP contribution in [0.3, 0.4) is 0 Å². The Balaban J connectivity index is 2.28. The van der Waals surface area contributed by atoms with Gasteiger partial charge in [0, 0.05) is 18.8 Å². The number of alkyl halides is 3. The van der Waals surface area contributed by atoms with Gasteiger partial charge >= 0.3 is 12.1 Å². The lowest BCUT2D eigenvalue weighted by Gasteiger charge is -2.27. The largest absolute Gasteiger partial charge is 0.481 e. The monoisotopic (exact) mass is 302 g/mol. The van der Waals surface area contributed by atoms with Crippen LogP contribution in [-0.2, 0) is 4.79 Å². The van der Waals surface area contributed by atoms with Crippen LogP contribution in [0.5, 0.6) is 0 Å². The Bertz CT molecular complexity index is 588. The maximum atomic E-state index is 13.0. The zero-order valence-electron chi connectivity index (χ0n) is 10.9. The fourth-order valence-electron chi connectivity index (χ4n) is 2.37. The second-order valence-electron chi connectivity index (χ2n) is 4.95. The zero-order valence-corrected chi connectivity index (χ0v) is 10.9. The van der Waals surface area contributed by atoms with Crippen LogP contribution >= 0.6 is 0 Å². The number of benzene rings is 1. The number of rotatable bonds is 2. The van der Waals surface area contributed by atoms with Gasteiger partial charge in [0.15, 0.2) is 5.41 Å². The molecule has 8 heteroatoms. The van der Waals surface area contributed by atoms with Crippen LogP contribution < -0.4 is 5.73 Å². The molecule has 0 radical (unpaired) electrons. The normalized spacial score (nSPS) is 22.3. The van der Waals surface area contributed by atoms with Gasteiger partial charge in [0.25, 0.3) is 5.91 Å². The van der Waals surface area contributed by atoms with Crippen LogP contribution in [0.2, 0.25) is 0 Å². The Kier molecular flexibility index (Phi) is 3.56. The van der Waals surface area contributed by atoms with E-state index in [2.05, 4.69) is 0 Å². The molecule has 1 fully saturated rings. The highest BCUT2D eigenvalue weighted by Gasteiger charge is 2.64. The summed E-state index contributed by atoms with van der Waals surface area (Å²) in [5, 5.41) is 8.94. The summed E-state index contributed by atoms with van der Waals surface area (Å²) in [5.41, 5.74) is 2.92. The summed E-state index contributed by atoms with van der Waals surface area (Å²) in [6, 6.07) is 5.98. The number of hydrogen-bond donors (Lipinski definition) is 2. The number of carbonyl (C=O) groups excluding carboxylic acids is 1. The van der Waals surface area contributed by atoms with E-state index in [0.29, 0.717) is 0 Å². The first-order valence-electron chi connectivity index (χ1n) is 6.13. The average Bonchev–Trinajstić information content (AvgIpc) is 2.84. The molecule has 0 aromatic heterocycles. The smallest absolute Gasteiger partial charge is 0.406 e. The maximum absolute atomic E-state index is 13.0. The summed E-state index contributed by atoms with van der Waals surface area (Å²) < 4.78 is 39.1. The summed E-state index contributed by atoms with van der Waals surface area (Å²) in [7, 11) is 0. The van der Waals surface area contributed by atoms with Crippen LogP contribution in [0.1, 0.15) is 16.8 Å². The van der Waals surface area contributed by atoms with E-state index >= 15 is 0 Å². The van der Waals surface area contributed by atoms with Gasteiger partial charge in [0.05, 0.1) is 5.56 Å². The number of nitrogen functional groups attached to an aromatic ring is 1. The number of carboxylic acid groups (broad SMARTS) is 1. The Morgan fingerprint density at radius 2 is 1.90 bits per heavy atom. The van der Waals surface area contributed by atoms with E-state index in [1.54, 1.807) is 6.07 Å². The maximum Gasteiger partial charge on any atom is 0.406 e. The predicted molar refractivity (Wildman–Crippen MR) is 67.5 cm³/mol. The van der Waals surface area contributed by atoms with Gasteiger partial charge in [-0.1, -0.05) is 12.1 Å². The van der Waals surface area contributed by atoms with Crippen LogP contribution in [0.4, 0.5) is 18.9 Å². The Labute approximate surface area is 118 Å². The third-order valence-corrected chi connectivity index (χ3v) is 3.70. The van der Waals surface area contributed by atoms with Crippen molar-refractivity contribution in [3.63, 3.8) is 0 Å². The number of hydrogen-bond acceptors (Lipinski definition) is 3. The molecule has 1 aliphatic heterocycles. The van der Waals surface area contributed by atoms with Gasteiger partial charge < -0.3 is 15.7 Å². The Hall–Kier alpha value is -2.25. The second kappa shape index (κ2) is 4.94. The number of likely N-dealkylation sites (tertiary alicyclic amines) is 1. The molecule has 1 saturated heterocycles.